The molecule has 1 atom stereocenters. The average Bonchev–Trinajstić information content (AvgIpc) is 2.88. The second-order valence-corrected chi connectivity index (χ2v) is 8.79. The minimum atomic E-state index is -2.89. The summed E-state index contributed by atoms with van der Waals surface area (Å²) in [7, 11) is -2.89. The van der Waals surface area contributed by atoms with Gasteiger partial charge in [0.15, 0.2) is 9.84 Å². The van der Waals surface area contributed by atoms with E-state index in [0.29, 0.717) is 6.42 Å². The molecule has 0 aromatic carbocycles. The number of nitrogens with zero attached hydrogens (tertiary/aromatic N) is 4. The van der Waals surface area contributed by atoms with E-state index in [1.165, 1.54) is 19.3 Å². The normalized spacial score (nSPS) is 23.9. The Kier molecular flexibility index (Phi) is 4.75. The molecule has 2 fully saturated rings. The van der Waals surface area contributed by atoms with Crippen LogP contribution in [0, 0.1) is 6.92 Å². The SMILES string of the molecule is CCN(c1cc(C)nc(N2CCCCC2)n1)C1CCS(=O)(=O)C1. The van der Waals surface area contributed by atoms with Crippen LogP contribution in [0.25, 0.3) is 0 Å². The Hall–Kier alpha value is -1.37. The van der Waals surface area contributed by atoms with E-state index < -0.39 is 9.84 Å². The van der Waals surface area contributed by atoms with E-state index in [9.17, 15) is 8.42 Å². The summed E-state index contributed by atoms with van der Waals surface area (Å²) in [4.78, 5) is 13.7. The van der Waals surface area contributed by atoms with E-state index in [4.69, 9.17) is 4.98 Å². The first-order chi connectivity index (χ1) is 11.0. The molecule has 0 N–H and O–H groups in total. The second-order valence-electron chi connectivity index (χ2n) is 6.56. The fourth-order valence-corrected chi connectivity index (χ4v) is 5.28. The summed E-state index contributed by atoms with van der Waals surface area (Å²) in [5.74, 6) is 2.18. The number of aromatic nitrogens is 2. The molecule has 3 rings (SSSR count). The van der Waals surface area contributed by atoms with Crippen molar-refractivity contribution >= 4 is 21.6 Å². The third kappa shape index (κ3) is 3.76. The minimum Gasteiger partial charge on any atom is -0.353 e. The minimum absolute atomic E-state index is 0.0357. The molecule has 2 saturated heterocycles. The van der Waals surface area contributed by atoms with Crippen molar-refractivity contribution in [1.82, 2.24) is 9.97 Å². The van der Waals surface area contributed by atoms with Gasteiger partial charge < -0.3 is 9.80 Å². The summed E-state index contributed by atoms with van der Waals surface area (Å²) in [5, 5.41) is 0. The molecule has 0 spiro atoms. The van der Waals surface area contributed by atoms with E-state index in [-0.39, 0.29) is 17.5 Å². The van der Waals surface area contributed by atoms with Gasteiger partial charge in [0.2, 0.25) is 5.95 Å². The molecule has 1 aromatic rings. The summed E-state index contributed by atoms with van der Waals surface area (Å²) in [6.45, 7) is 6.82. The largest absolute Gasteiger partial charge is 0.353 e. The molecule has 128 valence electrons. The lowest BCUT2D eigenvalue weighted by molar-refractivity contribution is 0.566. The molecule has 0 bridgehead atoms. The second kappa shape index (κ2) is 6.63. The number of hydrogen-bond acceptors (Lipinski definition) is 6. The summed E-state index contributed by atoms with van der Waals surface area (Å²) in [6, 6.07) is 2.01. The van der Waals surface area contributed by atoms with Crippen molar-refractivity contribution in [3.63, 3.8) is 0 Å². The highest BCUT2D eigenvalue weighted by atomic mass is 32.2. The molecular weight excluding hydrogens is 312 g/mol. The Morgan fingerprint density at radius 2 is 2.00 bits per heavy atom. The predicted octanol–water partition coefficient (Wildman–Crippen LogP) is 1.79. The van der Waals surface area contributed by atoms with Gasteiger partial charge in [-0.2, -0.15) is 4.98 Å². The van der Waals surface area contributed by atoms with Crippen LogP contribution in [-0.4, -0.2) is 55.6 Å². The lowest BCUT2D eigenvalue weighted by atomic mass is 10.1. The van der Waals surface area contributed by atoms with Crippen LogP contribution in [0.3, 0.4) is 0 Å². The van der Waals surface area contributed by atoms with E-state index in [1.54, 1.807) is 0 Å². The Labute approximate surface area is 138 Å². The standard InChI is InChI=1S/C16H26N4O2S/c1-3-20(14-7-10-23(21,22)12-14)15-11-13(2)17-16(18-15)19-8-5-4-6-9-19/h11,14H,3-10,12H2,1-2H3. The average molecular weight is 338 g/mol. The van der Waals surface area contributed by atoms with Crippen molar-refractivity contribution in [2.45, 2.75) is 45.6 Å². The van der Waals surface area contributed by atoms with Crippen LogP contribution >= 0.6 is 0 Å². The third-order valence-corrected chi connectivity index (χ3v) is 6.50. The van der Waals surface area contributed by atoms with Crippen molar-refractivity contribution in [3.8, 4) is 0 Å². The van der Waals surface area contributed by atoms with E-state index in [2.05, 4.69) is 21.7 Å². The van der Waals surface area contributed by atoms with Gasteiger partial charge in [0.1, 0.15) is 5.82 Å². The Bertz CT molecular complexity index is 656. The van der Waals surface area contributed by atoms with Crippen LogP contribution in [0.5, 0.6) is 0 Å². The summed E-state index contributed by atoms with van der Waals surface area (Å²) in [6.07, 6.45) is 4.34. The van der Waals surface area contributed by atoms with Gasteiger partial charge in [0, 0.05) is 37.4 Å². The number of piperidine rings is 1. The first-order valence-electron chi connectivity index (χ1n) is 8.56. The van der Waals surface area contributed by atoms with Crippen LogP contribution in [0.2, 0.25) is 0 Å². The number of hydrogen-bond donors (Lipinski definition) is 0. The fourth-order valence-electron chi connectivity index (χ4n) is 3.55. The first-order valence-corrected chi connectivity index (χ1v) is 10.4. The highest BCUT2D eigenvalue weighted by Crippen LogP contribution is 2.25. The van der Waals surface area contributed by atoms with E-state index in [0.717, 1.165) is 37.1 Å². The molecule has 0 saturated carbocycles. The van der Waals surface area contributed by atoms with Crippen molar-refractivity contribution in [2.75, 3.05) is 40.9 Å². The van der Waals surface area contributed by atoms with Crippen molar-refractivity contribution in [2.24, 2.45) is 0 Å². The maximum absolute atomic E-state index is 11.8. The van der Waals surface area contributed by atoms with Crippen LogP contribution in [0.15, 0.2) is 6.07 Å². The van der Waals surface area contributed by atoms with Gasteiger partial charge in [0.25, 0.3) is 0 Å². The molecule has 0 amide bonds. The summed E-state index contributed by atoms with van der Waals surface area (Å²) in [5.41, 5.74) is 0.940. The molecule has 0 radical (unpaired) electrons. The Morgan fingerprint density at radius 3 is 2.61 bits per heavy atom. The molecule has 1 aromatic heterocycles. The molecule has 23 heavy (non-hydrogen) atoms. The Morgan fingerprint density at radius 1 is 1.26 bits per heavy atom. The highest BCUT2D eigenvalue weighted by molar-refractivity contribution is 7.91. The molecule has 2 aliphatic heterocycles. The molecular formula is C16H26N4O2S. The lowest BCUT2D eigenvalue weighted by Gasteiger charge is -2.31. The molecule has 6 nitrogen and oxygen atoms in total. The smallest absolute Gasteiger partial charge is 0.227 e. The zero-order valence-electron chi connectivity index (χ0n) is 14.0. The van der Waals surface area contributed by atoms with Gasteiger partial charge in [-0.15, -0.1) is 0 Å². The maximum Gasteiger partial charge on any atom is 0.227 e. The quantitative estimate of drug-likeness (QED) is 0.834. The number of rotatable bonds is 4. The molecule has 1 unspecified atom stereocenters. The topological polar surface area (TPSA) is 66.4 Å². The maximum atomic E-state index is 11.8. The number of anilines is 2. The monoisotopic (exact) mass is 338 g/mol. The zero-order valence-corrected chi connectivity index (χ0v) is 14.8. The van der Waals surface area contributed by atoms with Gasteiger partial charge in [0.05, 0.1) is 11.5 Å². The van der Waals surface area contributed by atoms with E-state index in [1.807, 2.05) is 13.0 Å². The zero-order chi connectivity index (χ0) is 16.4. The highest BCUT2D eigenvalue weighted by Gasteiger charge is 2.32. The number of sulfone groups is 1. The third-order valence-electron chi connectivity index (χ3n) is 4.75. The lowest BCUT2D eigenvalue weighted by Crippen LogP contribution is -2.38. The predicted molar refractivity (Wildman–Crippen MR) is 92.9 cm³/mol. The molecule has 3 heterocycles. The van der Waals surface area contributed by atoms with Gasteiger partial charge >= 0.3 is 0 Å². The van der Waals surface area contributed by atoms with Gasteiger partial charge in [-0.3, -0.25) is 0 Å². The number of aryl methyl sites for hydroxylation is 1. The van der Waals surface area contributed by atoms with Gasteiger partial charge in [-0.05, 0) is 39.5 Å². The summed E-state index contributed by atoms with van der Waals surface area (Å²) >= 11 is 0. The molecule has 7 heteroatoms. The van der Waals surface area contributed by atoms with Crippen LogP contribution in [0.4, 0.5) is 11.8 Å². The first kappa shape index (κ1) is 16.5. The Balaban J connectivity index is 1.86. The van der Waals surface area contributed by atoms with Gasteiger partial charge in [-0.1, -0.05) is 0 Å². The van der Waals surface area contributed by atoms with Crippen molar-refractivity contribution < 1.29 is 8.42 Å². The van der Waals surface area contributed by atoms with Crippen molar-refractivity contribution in [3.05, 3.63) is 11.8 Å². The fraction of sp³-hybridized carbons (Fsp3) is 0.750. The molecule has 0 aliphatic carbocycles. The van der Waals surface area contributed by atoms with Crippen LogP contribution in [-0.2, 0) is 9.84 Å². The van der Waals surface area contributed by atoms with E-state index >= 15 is 0 Å². The summed E-state index contributed by atoms with van der Waals surface area (Å²) < 4.78 is 23.6. The molecule has 2 aliphatic rings. The van der Waals surface area contributed by atoms with Crippen LogP contribution < -0.4 is 9.80 Å². The van der Waals surface area contributed by atoms with Crippen LogP contribution in [0.1, 0.15) is 38.3 Å². The van der Waals surface area contributed by atoms with Gasteiger partial charge in [-0.25, -0.2) is 13.4 Å². The van der Waals surface area contributed by atoms with Crippen molar-refractivity contribution in [1.29, 1.82) is 0 Å².